The molecule has 1 N–H and O–H groups in total. The summed E-state index contributed by atoms with van der Waals surface area (Å²) in [6.45, 7) is 5.07. The number of methoxy groups -OCH3 is 1. The predicted molar refractivity (Wildman–Crippen MR) is 115 cm³/mol. The minimum absolute atomic E-state index is 0.00885. The molecule has 0 aromatic heterocycles. The number of fused-ring (bicyclic) bond motifs is 1. The zero-order valence-corrected chi connectivity index (χ0v) is 17.0. The van der Waals surface area contributed by atoms with Crippen molar-refractivity contribution in [2.75, 3.05) is 20.7 Å². The van der Waals surface area contributed by atoms with Gasteiger partial charge >= 0.3 is 0 Å². The Morgan fingerprint density at radius 3 is 2.64 bits per heavy atom. The Labute approximate surface area is 167 Å². The lowest BCUT2D eigenvalue weighted by atomic mass is 10.00. The van der Waals surface area contributed by atoms with E-state index in [2.05, 4.69) is 42.6 Å². The Morgan fingerprint density at radius 1 is 1.11 bits per heavy atom. The van der Waals surface area contributed by atoms with Crippen LogP contribution in [0.25, 0.3) is 10.8 Å². The van der Waals surface area contributed by atoms with Gasteiger partial charge in [0.1, 0.15) is 5.75 Å². The Morgan fingerprint density at radius 2 is 1.86 bits per heavy atom. The van der Waals surface area contributed by atoms with Gasteiger partial charge in [0.15, 0.2) is 0 Å². The van der Waals surface area contributed by atoms with E-state index in [0.717, 1.165) is 16.9 Å². The highest BCUT2D eigenvalue weighted by Crippen LogP contribution is 2.24. The topological polar surface area (TPSA) is 41.6 Å². The molecule has 3 aromatic carbocycles. The highest BCUT2D eigenvalue weighted by atomic mass is 16.5. The van der Waals surface area contributed by atoms with Crippen LogP contribution >= 0.6 is 0 Å². The summed E-state index contributed by atoms with van der Waals surface area (Å²) in [5.41, 5.74) is 3.40. The van der Waals surface area contributed by atoms with Gasteiger partial charge in [0.2, 0.25) is 5.91 Å². The molecule has 0 spiro atoms. The fourth-order valence-corrected chi connectivity index (χ4v) is 3.62. The van der Waals surface area contributed by atoms with E-state index in [4.69, 9.17) is 4.74 Å². The van der Waals surface area contributed by atoms with E-state index < -0.39 is 0 Å². The highest BCUT2D eigenvalue weighted by Gasteiger charge is 2.15. The summed E-state index contributed by atoms with van der Waals surface area (Å²) in [4.78, 5) is 14.6. The molecule has 3 rings (SSSR count). The molecule has 0 saturated heterocycles. The molecule has 0 aliphatic rings. The maximum atomic E-state index is 12.6. The van der Waals surface area contributed by atoms with E-state index in [1.165, 1.54) is 16.3 Å². The number of nitrogens with one attached hydrogen (secondary N) is 1. The summed E-state index contributed by atoms with van der Waals surface area (Å²) in [5.74, 6) is 0.858. The first-order valence-corrected chi connectivity index (χ1v) is 9.57. The number of rotatable bonds is 7. The average Bonchev–Trinajstić information content (AvgIpc) is 2.67. The number of carbonyl (C=O) groups is 1. The van der Waals surface area contributed by atoms with Crippen molar-refractivity contribution in [3.05, 3.63) is 77.4 Å². The summed E-state index contributed by atoms with van der Waals surface area (Å²) >= 11 is 0. The molecule has 1 atom stereocenters. The van der Waals surface area contributed by atoms with E-state index in [9.17, 15) is 4.79 Å². The van der Waals surface area contributed by atoms with Crippen LogP contribution < -0.4 is 10.1 Å². The second-order valence-electron chi connectivity index (χ2n) is 7.35. The smallest absolute Gasteiger partial charge is 0.234 e. The van der Waals surface area contributed by atoms with Crippen LogP contribution in [0.1, 0.15) is 29.7 Å². The third kappa shape index (κ3) is 4.70. The monoisotopic (exact) mass is 376 g/mol. The molecular formula is C24H28N2O2. The molecule has 3 aromatic rings. The van der Waals surface area contributed by atoms with Gasteiger partial charge in [-0.1, -0.05) is 60.2 Å². The first kappa shape index (κ1) is 19.9. The number of aryl methyl sites for hydroxylation is 1. The zero-order chi connectivity index (χ0) is 20.1. The van der Waals surface area contributed by atoms with E-state index in [-0.39, 0.29) is 11.9 Å². The predicted octanol–water partition coefficient (Wildman–Crippen LogP) is 4.47. The number of amides is 1. The maximum Gasteiger partial charge on any atom is 0.234 e. The van der Waals surface area contributed by atoms with Gasteiger partial charge in [-0.15, -0.1) is 0 Å². The summed E-state index contributed by atoms with van der Waals surface area (Å²) in [6, 6.07) is 20.5. The van der Waals surface area contributed by atoms with Crippen molar-refractivity contribution >= 4 is 16.7 Å². The van der Waals surface area contributed by atoms with Crippen molar-refractivity contribution in [2.24, 2.45) is 0 Å². The quantitative estimate of drug-likeness (QED) is 0.662. The van der Waals surface area contributed by atoms with Gasteiger partial charge in [0, 0.05) is 12.1 Å². The number of nitrogens with zero attached hydrogens (tertiary/aromatic N) is 1. The van der Waals surface area contributed by atoms with Gasteiger partial charge < -0.3 is 10.1 Å². The largest absolute Gasteiger partial charge is 0.496 e. The van der Waals surface area contributed by atoms with Crippen molar-refractivity contribution in [1.29, 1.82) is 0 Å². The van der Waals surface area contributed by atoms with E-state index in [1.54, 1.807) is 7.11 Å². The van der Waals surface area contributed by atoms with Crippen molar-refractivity contribution < 1.29 is 9.53 Å². The van der Waals surface area contributed by atoms with Crippen LogP contribution in [0.15, 0.2) is 60.7 Å². The lowest BCUT2D eigenvalue weighted by molar-refractivity contribution is -0.122. The van der Waals surface area contributed by atoms with Crippen LogP contribution in [0.3, 0.4) is 0 Å². The van der Waals surface area contributed by atoms with Gasteiger partial charge in [-0.2, -0.15) is 0 Å². The molecule has 0 aliphatic heterocycles. The fourth-order valence-electron chi connectivity index (χ4n) is 3.62. The summed E-state index contributed by atoms with van der Waals surface area (Å²) in [7, 11) is 3.62. The van der Waals surface area contributed by atoms with E-state index in [0.29, 0.717) is 13.1 Å². The number of hydrogen-bond donors (Lipinski definition) is 1. The average molecular weight is 377 g/mol. The first-order chi connectivity index (χ1) is 13.5. The van der Waals surface area contributed by atoms with Gasteiger partial charge in [-0.05, 0) is 43.3 Å². The Balaban J connectivity index is 1.64. The number of likely N-dealkylation sites (N-methyl/N-ethyl adjacent to an activating group) is 1. The Bertz CT molecular complexity index is 962. The maximum absolute atomic E-state index is 12.6. The number of benzene rings is 3. The lowest BCUT2D eigenvalue weighted by Gasteiger charge is -2.21. The van der Waals surface area contributed by atoms with Crippen molar-refractivity contribution in [3.63, 3.8) is 0 Å². The van der Waals surface area contributed by atoms with E-state index in [1.807, 2.05) is 49.2 Å². The minimum atomic E-state index is -0.0551. The molecular weight excluding hydrogens is 348 g/mol. The lowest BCUT2D eigenvalue weighted by Crippen LogP contribution is -2.36. The number of hydrogen-bond acceptors (Lipinski definition) is 3. The van der Waals surface area contributed by atoms with Crippen LogP contribution in [0.4, 0.5) is 0 Å². The third-order valence-corrected chi connectivity index (χ3v) is 4.96. The van der Waals surface area contributed by atoms with Gasteiger partial charge in [0.05, 0.1) is 19.7 Å². The van der Waals surface area contributed by atoms with Crippen LogP contribution in [0, 0.1) is 6.92 Å². The van der Waals surface area contributed by atoms with E-state index >= 15 is 0 Å². The molecule has 1 amide bonds. The molecule has 4 heteroatoms. The summed E-state index contributed by atoms with van der Waals surface area (Å²) < 4.78 is 5.44. The highest BCUT2D eigenvalue weighted by molar-refractivity contribution is 5.87. The third-order valence-electron chi connectivity index (χ3n) is 4.96. The second-order valence-corrected chi connectivity index (χ2v) is 7.35. The van der Waals surface area contributed by atoms with Gasteiger partial charge in [-0.25, -0.2) is 0 Å². The molecule has 0 radical (unpaired) electrons. The molecule has 0 fully saturated rings. The van der Waals surface area contributed by atoms with Crippen molar-refractivity contribution in [2.45, 2.75) is 26.4 Å². The number of carbonyl (C=O) groups excluding carboxylic acids is 1. The molecule has 4 nitrogen and oxygen atoms in total. The molecule has 0 bridgehead atoms. The summed E-state index contributed by atoms with van der Waals surface area (Å²) in [5, 5.41) is 5.49. The zero-order valence-electron chi connectivity index (χ0n) is 17.0. The van der Waals surface area contributed by atoms with Crippen LogP contribution in [0.5, 0.6) is 5.75 Å². The van der Waals surface area contributed by atoms with Crippen LogP contribution in [0.2, 0.25) is 0 Å². The minimum Gasteiger partial charge on any atom is -0.496 e. The van der Waals surface area contributed by atoms with Crippen LogP contribution in [-0.4, -0.2) is 31.5 Å². The van der Waals surface area contributed by atoms with Gasteiger partial charge in [-0.3, -0.25) is 9.69 Å². The van der Waals surface area contributed by atoms with Gasteiger partial charge in [0.25, 0.3) is 0 Å². The fraction of sp³-hybridized carbons (Fsp3) is 0.292. The molecule has 0 aliphatic carbocycles. The second kappa shape index (κ2) is 8.89. The van der Waals surface area contributed by atoms with Crippen molar-refractivity contribution in [1.82, 2.24) is 10.2 Å². The van der Waals surface area contributed by atoms with Crippen molar-refractivity contribution in [3.8, 4) is 5.75 Å². The van der Waals surface area contributed by atoms with Crippen LogP contribution in [-0.2, 0) is 11.3 Å². The molecule has 28 heavy (non-hydrogen) atoms. The standard InChI is InChI=1S/C24H28N2O2/c1-17-12-13-23(28-4)20(14-17)15-26(3)16-24(27)25-18(2)21-11-7-9-19-8-5-6-10-22(19)21/h5-14,18H,15-16H2,1-4H3,(H,25,27)/t18-/m1/s1. The molecule has 0 unspecified atom stereocenters. The first-order valence-electron chi connectivity index (χ1n) is 9.57. The SMILES string of the molecule is COc1ccc(C)cc1CN(C)CC(=O)N[C@H](C)c1cccc2ccccc12. The summed E-state index contributed by atoms with van der Waals surface area (Å²) in [6.07, 6.45) is 0. The molecule has 146 valence electrons. The Kier molecular flexibility index (Phi) is 6.32. The molecule has 0 heterocycles. The number of ether oxygens (including phenoxy) is 1. The Hall–Kier alpha value is -2.85. The normalized spacial score (nSPS) is 12.2. The molecule has 0 saturated carbocycles.